The lowest BCUT2D eigenvalue weighted by molar-refractivity contribution is -0.0542. The van der Waals surface area contributed by atoms with Crippen molar-refractivity contribution in [3.8, 4) is 0 Å². The molecule has 80 valence electrons. The van der Waals surface area contributed by atoms with E-state index in [9.17, 15) is 0 Å². The summed E-state index contributed by atoms with van der Waals surface area (Å²) in [5, 5.41) is 0. The average molecular weight is 190 g/mol. The molecule has 1 atom stereocenters. The highest BCUT2D eigenvalue weighted by molar-refractivity contribution is 4.54. The Bertz CT molecular complexity index is 96.2. The minimum atomic E-state index is 0.0940. The van der Waals surface area contributed by atoms with Crippen molar-refractivity contribution in [1.82, 2.24) is 0 Å². The molecule has 0 amide bonds. The van der Waals surface area contributed by atoms with Gasteiger partial charge in [-0.3, -0.25) is 0 Å². The molecule has 3 nitrogen and oxygen atoms in total. The summed E-state index contributed by atoms with van der Waals surface area (Å²) in [5.41, 5.74) is 0. The second-order valence-electron chi connectivity index (χ2n) is 2.81. The molecule has 0 radical (unpaired) electrons. The minimum Gasteiger partial charge on any atom is -0.379 e. The zero-order valence-corrected chi connectivity index (χ0v) is 9.04. The van der Waals surface area contributed by atoms with Gasteiger partial charge in [-0.2, -0.15) is 0 Å². The molecule has 0 aromatic heterocycles. The van der Waals surface area contributed by atoms with Crippen molar-refractivity contribution in [1.29, 1.82) is 0 Å². The van der Waals surface area contributed by atoms with Gasteiger partial charge in [0.05, 0.1) is 13.2 Å². The molecule has 0 spiro atoms. The van der Waals surface area contributed by atoms with Crippen LogP contribution in [0.2, 0.25) is 0 Å². The van der Waals surface area contributed by atoms with Crippen LogP contribution in [0.1, 0.15) is 27.2 Å². The van der Waals surface area contributed by atoms with Crippen LogP contribution in [0.5, 0.6) is 0 Å². The van der Waals surface area contributed by atoms with E-state index in [1.165, 1.54) is 0 Å². The van der Waals surface area contributed by atoms with Crippen molar-refractivity contribution in [3.05, 3.63) is 0 Å². The van der Waals surface area contributed by atoms with Crippen molar-refractivity contribution in [2.24, 2.45) is 0 Å². The fourth-order valence-corrected chi connectivity index (χ4v) is 0.988. The molecule has 0 saturated heterocycles. The van der Waals surface area contributed by atoms with Gasteiger partial charge in [0.15, 0.2) is 0 Å². The highest BCUT2D eigenvalue weighted by Gasteiger charge is 2.07. The zero-order valence-electron chi connectivity index (χ0n) is 9.04. The van der Waals surface area contributed by atoms with E-state index in [0.717, 1.165) is 19.6 Å². The Labute approximate surface area is 81.4 Å². The van der Waals surface area contributed by atoms with Gasteiger partial charge in [0.25, 0.3) is 0 Å². The zero-order chi connectivity index (χ0) is 9.94. The third-order valence-electron chi connectivity index (χ3n) is 1.56. The third-order valence-corrected chi connectivity index (χ3v) is 1.56. The van der Waals surface area contributed by atoms with Crippen molar-refractivity contribution >= 4 is 0 Å². The first-order chi connectivity index (χ1) is 6.35. The fraction of sp³-hybridized carbons (Fsp3) is 1.00. The average Bonchev–Trinajstić information content (AvgIpc) is 2.14. The van der Waals surface area contributed by atoms with E-state index in [1.54, 1.807) is 0 Å². The summed E-state index contributed by atoms with van der Waals surface area (Å²) in [4.78, 5) is 0. The Hall–Kier alpha value is -0.120. The summed E-state index contributed by atoms with van der Waals surface area (Å²) in [5.74, 6) is 0. The molecule has 0 aromatic rings. The summed E-state index contributed by atoms with van der Waals surface area (Å²) in [7, 11) is 0. The maximum absolute atomic E-state index is 5.44. The summed E-state index contributed by atoms with van der Waals surface area (Å²) in [6.07, 6.45) is 1.14. The van der Waals surface area contributed by atoms with E-state index in [4.69, 9.17) is 14.2 Å². The third kappa shape index (κ3) is 8.22. The SMILES string of the molecule is CCCOCC(COCC)OCC. The molecule has 0 N–H and O–H groups in total. The second-order valence-corrected chi connectivity index (χ2v) is 2.81. The second kappa shape index (κ2) is 9.96. The van der Waals surface area contributed by atoms with Crippen molar-refractivity contribution in [3.63, 3.8) is 0 Å². The highest BCUT2D eigenvalue weighted by atomic mass is 16.6. The van der Waals surface area contributed by atoms with E-state index < -0.39 is 0 Å². The molecule has 0 bridgehead atoms. The highest BCUT2D eigenvalue weighted by Crippen LogP contribution is 1.95. The van der Waals surface area contributed by atoms with Crippen LogP contribution >= 0.6 is 0 Å². The smallest absolute Gasteiger partial charge is 0.104 e. The van der Waals surface area contributed by atoms with Crippen LogP contribution in [0.4, 0.5) is 0 Å². The predicted molar refractivity (Wildman–Crippen MR) is 53.0 cm³/mol. The van der Waals surface area contributed by atoms with E-state index in [0.29, 0.717) is 19.8 Å². The Balaban J connectivity index is 3.41. The normalized spacial score (nSPS) is 13.2. The van der Waals surface area contributed by atoms with Crippen molar-refractivity contribution in [2.45, 2.75) is 33.3 Å². The monoisotopic (exact) mass is 190 g/mol. The van der Waals surface area contributed by atoms with E-state index in [-0.39, 0.29) is 6.10 Å². The molecule has 3 heteroatoms. The Morgan fingerprint density at radius 1 is 0.923 bits per heavy atom. The summed E-state index contributed by atoms with van der Waals surface area (Å²) in [6, 6.07) is 0. The quantitative estimate of drug-likeness (QED) is 0.519. The van der Waals surface area contributed by atoms with Gasteiger partial charge in [-0.15, -0.1) is 0 Å². The van der Waals surface area contributed by atoms with E-state index >= 15 is 0 Å². The van der Waals surface area contributed by atoms with Gasteiger partial charge in [-0.25, -0.2) is 0 Å². The molecule has 13 heavy (non-hydrogen) atoms. The Morgan fingerprint density at radius 2 is 1.62 bits per heavy atom. The molecule has 0 rings (SSSR count). The molecular weight excluding hydrogens is 168 g/mol. The fourth-order valence-electron chi connectivity index (χ4n) is 0.988. The maximum Gasteiger partial charge on any atom is 0.104 e. The lowest BCUT2D eigenvalue weighted by atomic mass is 10.4. The lowest BCUT2D eigenvalue weighted by Crippen LogP contribution is -2.26. The first-order valence-corrected chi connectivity index (χ1v) is 5.12. The van der Waals surface area contributed by atoms with Crippen LogP contribution in [0.15, 0.2) is 0 Å². The molecule has 0 fully saturated rings. The minimum absolute atomic E-state index is 0.0940. The van der Waals surface area contributed by atoms with Crippen LogP contribution < -0.4 is 0 Å². The Morgan fingerprint density at radius 3 is 2.15 bits per heavy atom. The molecule has 0 aromatic carbocycles. The van der Waals surface area contributed by atoms with Crippen LogP contribution in [0.3, 0.4) is 0 Å². The first-order valence-electron chi connectivity index (χ1n) is 5.12. The van der Waals surface area contributed by atoms with Gasteiger partial charge in [0.1, 0.15) is 6.10 Å². The molecule has 0 aliphatic heterocycles. The Kier molecular flexibility index (Phi) is 9.87. The number of ether oxygens (including phenoxy) is 3. The predicted octanol–water partition coefficient (Wildman–Crippen LogP) is 1.85. The van der Waals surface area contributed by atoms with E-state index in [2.05, 4.69) is 6.92 Å². The van der Waals surface area contributed by atoms with Crippen LogP contribution in [-0.2, 0) is 14.2 Å². The number of hydrogen-bond donors (Lipinski definition) is 0. The van der Waals surface area contributed by atoms with Gasteiger partial charge < -0.3 is 14.2 Å². The van der Waals surface area contributed by atoms with Gasteiger partial charge in [0, 0.05) is 19.8 Å². The molecule has 0 heterocycles. The van der Waals surface area contributed by atoms with E-state index in [1.807, 2.05) is 13.8 Å². The van der Waals surface area contributed by atoms with Crippen molar-refractivity contribution in [2.75, 3.05) is 33.0 Å². The molecule has 0 saturated carbocycles. The van der Waals surface area contributed by atoms with Crippen LogP contribution in [-0.4, -0.2) is 39.1 Å². The summed E-state index contributed by atoms with van der Waals surface area (Å²) < 4.78 is 16.1. The summed E-state index contributed by atoms with van der Waals surface area (Å²) >= 11 is 0. The van der Waals surface area contributed by atoms with Gasteiger partial charge in [-0.1, -0.05) is 6.92 Å². The topological polar surface area (TPSA) is 27.7 Å². The van der Waals surface area contributed by atoms with Gasteiger partial charge in [0.2, 0.25) is 0 Å². The maximum atomic E-state index is 5.44. The van der Waals surface area contributed by atoms with Gasteiger partial charge in [-0.05, 0) is 20.3 Å². The first kappa shape index (κ1) is 12.9. The number of hydrogen-bond acceptors (Lipinski definition) is 3. The lowest BCUT2D eigenvalue weighted by Gasteiger charge is -2.16. The molecule has 1 unspecified atom stereocenters. The van der Waals surface area contributed by atoms with Crippen molar-refractivity contribution < 1.29 is 14.2 Å². The standard InChI is InChI=1S/C10H22O3/c1-4-7-12-9-10(13-6-3)8-11-5-2/h10H,4-9H2,1-3H3. The molecular formula is C10H22O3. The molecule has 0 aliphatic carbocycles. The van der Waals surface area contributed by atoms with Crippen LogP contribution in [0.25, 0.3) is 0 Å². The summed E-state index contributed by atoms with van der Waals surface area (Å²) in [6.45, 7) is 9.59. The largest absolute Gasteiger partial charge is 0.379 e. The van der Waals surface area contributed by atoms with Gasteiger partial charge >= 0.3 is 0 Å². The van der Waals surface area contributed by atoms with Crippen LogP contribution in [0, 0.1) is 0 Å². The number of rotatable bonds is 9. The molecule has 0 aliphatic rings.